The third kappa shape index (κ3) is 2.66. The normalized spacial score (nSPS) is 10.6. The van der Waals surface area contributed by atoms with E-state index in [9.17, 15) is 9.18 Å². The van der Waals surface area contributed by atoms with Gasteiger partial charge >= 0.3 is 5.97 Å². The van der Waals surface area contributed by atoms with Crippen LogP contribution < -0.4 is 0 Å². The highest BCUT2D eigenvalue weighted by atomic mass is 35.5. The minimum atomic E-state index is -1.40. The van der Waals surface area contributed by atoms with Gasteiger partial charge in [0, 0.05) is 12.7 Å². The first-order valence-corrected chi connectivity index (χ1v) is 6.22. The molecule has 5 heteroatoms. The van der Waals surface area contributed by atoms with Crippen molar-refractivity contribution in [2.75, 3.05) is 7.11 Å². The number of carboxylic acid groups (broad SMARTS) is 1. The van der Waals surface area contributed by atoms with E-state index in [0.29, 0.717) is 5.56 Å². The molecule has 0 radical (unpaired) electrons. The molecular weight excluding hydrogens is 283 g/mol. The van der Waals surface area contributed by atoms with Gasteiger partial charge in [0.05, 0.1) is 11.6 Å². The van der Waals surface area contributed by atoms with Crippen LogP contribution in [0.5, 0.6) is 0 Å². The second-order valence-corrected chi connectivity index (χ2v) is 4.58. The highest BCUT2D eigenvalue weighted by Crippen LogP contribution is 2.33. The fourth-order valence-electron chi connectivity index (χ4n) is 2.02. The minimum absolute atomic E-state index is 0.0342. The first-order valence-electron chi connectivity index (χ1n) is 5.84. The molecule has 0 aromatic heterocycles. The van der Waals surface area contributed by atoms with Crippen molar-refractivity contribution in [3.63, 3.8) is 0 Å². The second kappa shape index (κ2) is 6.03. The van der Waals surface area contributed by atoms with Crippen molar-refractivity contribution in [1.82, 2.24) is 0 Å². The molecule has 104 valence electrons. The van der Waals surface area contributed by atoms with Crippen LogP contribution in [0, 0.1) is 5.82 Å². The summed E-state index contributed by atoms with van der Waals surface area (Å²) < 4.78 is 19.3. The summed E-state index contributed by atoms with van der Waals surface area (Å²) in [5.74, 6) is -2.25. The molecule has 0 unspecified atom stereocenters. The van der Waals surface area contributed by atoms with Crippen molar-refractivity contribution >= 4 is 17.6 Å². The van der Waals surface area contributed by atoms with E-state index in [-0.39, 0.29) is 17.2 Å². The summed E-state index contributed by atoms with van der Waals surface area (Å²) in [7, 11) is 1.42. The zero-order valence-electron chi connectivity index (χ0n) is 10.7. The molecule has 20 heavy (non-hydrogen) atoms. The first-order chi connectivity index (χ1) is 9.56. The van der Waals surface area contributed by atoms with Crippen LogP contribution in [0.2, 0.25) is 5.02 Å². The van der Waals surface area contributed by atoms with Crippen LogP contribution in [-0.4, -0.2) is 18.2 Å². The maximum absolute atomic E-state index is 14.4. The number of halogens is 2. The van der Waals surface area contributed by atoms with Crippen molar-refractivity contribution in [3.8, 4) is 11.1 Å². The lowest BCUT2D eigenvalue weighted by atomic mass is 9.97. The largest absolute Gasteiger partial charge is 0.478 e. The second-order valence-electron chi connectivity index (χ2n) is 4.18. The number of benzene rings is 2. The summed E-state index contributed by atoms with van der Waals surface area (Å²) >= 11 is 5.89. The predicted molar refractivity (Wildman–Crippen MR) is 74.5 cm³/mol. The van der Waals surface area contributed by atoms with E-state index in [1.54, 1.807) is 12.1 Å². The van der Waals surface area contributed by atoms with E-state index in [1.807, 2.05) is 18.2 Å². The fourth-order valence-corrected chi connectivity index (χ4v) is 2.29. The molecule has 0 amide bonds. The summed E-state index contributed by atoms with van der Waals surface area (Å²) in [5.41, 5.74) is 0.927. The lowest BCUT2D eigenvalue weighted by Crippen LogP contribution is -2.07. The predicted octanol–water partition coefficient (Wildman–Crippen LogP) is 3.99. The SMILES string of the molecule is COCc1c(-c2ccccc2)cc(Cl)c(C(=O)O)c1F. The standard InChI is InChI=1S/C15H12ClFO3/c1-20-8-11-10(9-5-3-2-4-6-9)7-12(16)13(14(11)17)15(18)19/h2-7H,8H2,1H3,(H,18,19). The third-order valence-electron chi connectivity index (χ3n) is 2.91. The van der Waals surface area contributed by atoms with Crippen LogP contribution >= 0.6 is 11.6 Å². The van der Waals surface area contributed by atoms with Gasteiger partial charge < -0.3 is 9.84 Å². The van der Waals surface area contributed by atoms with Crippen molar-refractivity contribution in [2.24, 2.45) is 0 Å². The molecule has 1 N–H and O–H groups in total. The highest BCUT2D eigenvalue weighted by Gasteiger charge is 2.22. The monoisotopic (exact) mass is 294 g/mol. The smallest absolute Gasteiger partial charge is 0.340 e. The number of hydrogen-bond acceptors (Lipinski definition) is 2. The van der Waals surface area contributed by atoms with Gasteiger partial charge in [0.15, 0.2) is 0 Å². The molecule has 0 saturated heterocycles. The molecule has 0 saturated carbocycles. The Kier molecular flexibility index (Phi) is 4.37. The van der Waals surface area contributed by atoms with Crippen LogP contribution in [0.4, 0.5) is 4.39 Å². The average Bonchev–Trinajstić information content (AvgIpc) is 2.42. The number of methoxy groups -OCH3 is 1. The van der Waals surface area contributed by atoms with E-state index in [2.05, 4.69) is 0 Å². The van der Waals surface area contributed by atoms with Crippen LogP contribution in [0.3, 0.4) is 0 Å². The Morgan fingerprint density at radius 2 is 2.00 bits per heavy atom. The fraction of sp³-hybridized carbons (Fsp3) is 0.133. The van der Waals surface area contributed by atoms with Gasteiger partial charge in [0.25, 0.3) is 0 Å². The quantitative estimate of drug-likeness (QED) is 0.927. The van der Waals surface area contributed by atoms with Gasteiger partial charge in [-0.3, -0.25) is 0 Å². The molecule has 3 nitrogen and oxygen atoms in total. The molecule has 0 aliphatic carbocycles. The molecule has 0 bridgehead atoms. The van der Waals surface area contributed by atoms with Crippen molar-refractivity contribution in [3.05, 3.63) is 58.4 Å². The zero-order chi connectivity index (χ0) is 14.7. The van der Waals surface area contributed by atoms with Gasteiger partial charge in [-0.2, -0.15) is 0 Å². The lowest BCUT2D eigenvalue weighted by Gasteiger charge is -2.13. The number of ether oxygens (including phenoxy) is 1. The molecule has 0 heterocycles. The number of aromatic carboxylic acids is 1. The maximum Gasteiger partial charge on any atom is 0.340 e. The van der Waals surface area contributed by atoms with Crippen molar-refractivity contribution in [2.45, 2.75) is 6.61 Å². The molecule has 2 rings (SSSR count). The number of carbonyl (C=O) groups is 1. The van der Waals surface area contributed by atoms with Crippen molar-refractivity contribution < 1.29 is 19.0 Å². The third-order valence-corrected chi connectivity index (χ3v) is 3.20. The Labute approximate surface area is 120 Å². The van der Waals surface area contributed by atoms with Crippen molar-refractivity contribution in [1.29, 1.82) is 0 Å². The van der Waals surface area contributed by atoms with Crippen LogP contribution in [-0.2, 0) is 11.3 Å². The van der Waals surface area contributed by atoms with Gasteiger partial charge in [-0.25, -0.2) is 9.18 Å². The van der Waals surface area contributed by atoms with Gasteiger partial charge in [-0.05, 0) is 17.2 Å². The minimum Gasteiger partial charge on any atom is -0.478 e. The van der Waals surface area contributed by atoms with Crippen LogP contribution in [0.25, 0.3) is 11.1 Å². The van der Waals surface area contributed by atoms with E-state index in [0.717, 1.165) is 5.56 Å². The molecule has 0 atom stereocenters. The molecule has 0 aliphatic rings. The molecule has 0 aliphatic heterocycles. The Hall–Kier alpha value is -1.91. The Morgan fingerprint density at radius 1 is 1.35 bits per heavy atom. The number of hydrogen-bond donors (Lipinski definition) is 1. The number of carboxylic acids is 1. The van der Waals surface area contributed by atoms with E-state index in [1.165, 1.54) is 13.2 Å². The van der Waals surface area contributed by atoms with Crippen LogP contribution in [0.1, 0.15) is 15.9 Å². The van der Waals surface area contributed by atoms with E-state index < -0.39 is 17.3 Å². The molecule has 0 fully saturated rings. The highest BCUT2D eigenvalue weighted by molar-refractivity contribution is 6.34. The van der Waals surface area contributed by atoms with E-state index in [4.69, 9.17) is 21.4 Å². The molecule has 2 aromatic rings. The van der Waals surface area contributed by atoms with E-state index >= 15 is 0 Å². The topological polar surface area (TPSA) is 46.5 Å². The molecule has 2 aromatic carbocycles. The lowest BCUT2D eigenvalue weighted by molar-refractivity contribution is 0.0691. The van der Waals surface area contributed by atoms with Gasteiger partial charge in [-0.1, -0.05) is 41.9 Å². The average molecular weight is 295 g/mol. The maximum atomic E-state index is 14.4. The summed E-state index contributed by atoms with van der Waals surface area (Å²) in [6.45, 7) is -0.0342. The first kappa shape index (κ1) is 14.5. The summed E-state index contributed by atoms with van der Waals surface area (Å²) in [4.78, 5) is 11.1. The Bertz CT molecular complexity index is 641. The molecular formula is C15H12ClFO3. The summed E-state index contributed by atoms with van der Waals surface area (Å²) in [6, 6.07) is 10.5. The van der Waals surface area contributed by atoms with Gasteiger partial charge in [-0.15, -0.1) is 0 Å². The summed E-state index contributed by atoms with van der Waals surface area (Å²) in [6.07, 6.45) is 0. The molecule has 0 spiro atoms. The van der Waals surface area contributed by atoms with Crippen LogP contribution in [0.15, 0.2) is 36.4 Å². The Balaban J connectivity index is 2.72. The Morgan fingerprint density at radius 3 is 2.55 bits per heavy atom. The number of rotatable bonds is 4. The van der Waals surface area contributed by atoms with Gasteiger partial charge in [0.1, 0.15) is 11.4 Å². The summed E-state index contributed by atoms with van der Waals surface area (Å²) in [5, 5.41) is 8.90. The van der Waals surface area contributed by atoms with Gasteiger partial charge in [0.2, 0.25) is 0 Å². The zero-order valence-corrected chi connectivity index (χ0v) is 11.4.